The number of fused-ring (bicyclic) bond motifs is 1. The summed E-state index contributed by atoms with van der Waals surface area (Å²) >= 11 is 0. The van der Waals surface area contributed by atoms with Crippen LogP contribution in [0.3, 0.4) is 0 Å². The third kappa shape index (κ3) is 4.37. The topological polar surface area (TPSA) is 82.6 Å². The van der Waals surface area contributed by atoms with Crippen LogP contribution in [-0.2, 0) is 17.8 Å². The number of amides is 1. The summed E-state index contributed by atoms with van der Waals surface area (Å²) in [4.78, 5) is 22.2. The molecule has 0 saturated carbocycles. The van der Waals surface area contributed by atoms with Crippen LogP contribution in [0.5, 0.6) is 0 Å². The molecule has 0 N–H and O–H groups in total. The molecule has 33 heavy (non-hydrogen) atoms. The summed E-state index contributed by atoms with van der Waals surface area (Å²) in [5.41, 5.74) is 3.47. The molecule has 0 radical (unpaired) electrons. The number of hydrogen-bond donors (Lipinski definition) is 0. The zero-order chi connectivity index (χ0) is 23.9. The number of nitrogens with zero attached hydrogens (tertiary/aromatic N) is 4. The number of nitriles is 1. The van der Waals surface area contributed by atoms with Gasteiger partial charge in [-0.3, -0.25) is 4.79 Å². The monoisotopic (exact) mass is 450 g/mol. The zero-order valence-electron chi connectivity index (χ0n) is 20.5. The predicted octanol–water partition coefficient (Wildman–Crippen LogP) is 4.51. The zero-order valence-corrected chi connectivity index (χ0v) is 20.5. The number of aromatic nitrogens is 1. The molecule has 4 rings (SSSR count). The third-order valence-corrected chi connectivity index (χ3v) is 6.77. The van der Waals surface area contributed by atoms with Crippen LogP contribution in [0.25, 0.3) is 0 Å². The highest BCUT2D eigenvalue weighted by Crippen LogP contribution is 2.38. The molecule has 0 aliphatic carbocycles. The molecule has 7 heteroatoms. The Labute approximate surface area is 196 Å². The van der Waals surface area contributed by atoms with E-state index in [9.17, 15) is 10.1 Å². The van der Waals surface area contributed by atoms with Crippen LogP contribution in [0.4, 0.5) is 5.82 Å². The standard InChI is InChI=1S/C26H34N4O3/c1-16(2)21-14-29(9-10-30(21)25(31)22-8-7-11-32-22)24-19(13-27)18-12-26(5,6)33-15-20(18)23(28-24)17(3)4/h7-8,11,16-17,21H,9-10,12,14-15H2,1-6H3. The van der Waals surface area contributed by atoms with E-state index in [0.29, 0.717) is 44.0 Å². The van der Waals surface area contributed by atoms with Crippen LogP contribution < -0.4 is 4.90 Å². The quantitative estimate of drug-likeness (QED) is 0.682. The van der Waals surface area contributed by atoms with E-state index >= 15 is 0 Å². The maximum Gasteiger partial charge on any atom is 0.289 e. The summed E-state index contributed by atoms with van der Waals surface area (Å²) < 4.78 is 11.5. The van der Waals surface area contributed by atoms with E-state index in [-0.39, 0.29) is 29.4 Å². The van der Waals surface area contributed by atoms with Crippen LogP contribution in [0.2, 0.25) is 0 Å². The summed E-state index contributed by atoms with van der Waals surface area (Å²) in [7, 11) is 0. The van der Waals surface area contributed by atoms with E-state index in [1.54, 1.807) is 12.1 Å². The van der Waals surface area contributed by atoms with Gasteiger partial charge in [0.25, 0.3) is 5.91 Å². The van der Waals surface area contributed by atoms with Gasteiger partial charge in [-0.2, -0.15) is 5.26 Å². The summed E-state index contributed by atoms with van der Waals surface area (Å²) in [6, 6.07) is 5.91. The largest absolute Gasteiger partial charge is 0.459 e. The van der Waals surface area contributed by atoms with Crippen LogP contribution in [0.1, 0.15) is 80.4 Å². The van der Waals surface area contributed by atoms with Gasteiger partial charge in [-0.15, -0.1) is 0 Å². The van der Waals surface area contributed by atoms with E-state index in [2.05, 4.69) is 52.5 Å². The number of furan rings is 1. The number of carbonyl (C=O) groups is 1. The minimum Gasteiger partial charge on any atom is -0.459 e. The first-order valence-electron chi connectivity index (χ1n) is 11.8. The van der Waals surface area contributed by atoms with Crippen molar-refractivity contribution in [1.82, 2.24) is 9.88 Å². The highest BCUT2D eigenvalue weighted by Gasteiger charge is 2.37. The number of anilines is 1. The van der Waals surface area contributed by atoms with Gasteiger partial charge < -0.3 is 19.0 Å². The molecule has 176 valence electrons. The third-order valence-electron chi connectivity index (χ3n) is 6.77. The molecule has 1 atom stereocenters. The van der Waals surface area contributed by atoms with Gasteiger partial charge in [0.15, 0.2) is 5.76 Å². The number of pyridine rings is 1. The SMILES string of the molecule is CC(C)c1nc(N2CCN(C(=O)c3ccco3)C(C(C)C)C2)c(C#N)c2c1COC(C)(C)C2. The first kappa shape index (κ1) is 23.3. The second-order valence-electron chi connectivity index (χ2n) is 10.4. The molecule has 2 aromatic heterocycles. The second kappa shape index (κ2) is 8.83. The fraction of sp³-hybridized carbons (Fsp3) is 0.577. The van der Waals surface area contributed by atoms with Gasteiger partial charge in [-0.05, 0) is 43.4 Å². The van der Waals surface area contributed by atoms with E-state index in [1.807, 2.05) is 4.90 Å². The van der Waals surface area contributed by atoms with Crippen molar-refractivity contribution in [3.8, 4) is 6.07 Å². The van der Waals surface area contributed by atoms with Gasteiger partial charge in [0.05, 0.1) is 35.8 Å². The predicted molar refractivity (Wildman–Crippen MR) is 126 cm³/mol. The number of carbonyl (C=O) groups excluding carboxylic acids is 1. The van der Waals surface area contributed by atoms with Gasteiger partial charge >= 0.3 is 0 Å². The Morgan fingerprint density at radius 3 is 2.61 bits per heavy atom. The number of hydrogen-bond acceptors (Lipinski definition) is 6. The maximum atomic E-state index is 13.1. The molecular formula is C26H34N4O3. The summed E-state index contributed by atoms with van der Waals surface area (Å²) in [5, 5.41) is 10.2. The molecule has 7 nitrogen and oxygen atoms in total. The normalized spacial score (nSPS) is 20.2. The average Bonchev–Trinajstić information content (AvgIpc) is 3.31. The molecule has 4 heterocycles. The van der Waals surface area contributed by atoms with Crippen molar-refractivity contribution in [1.29, 1.82) is 5.26 Å². The summed E-state index contributed by atoms with van der Waals surface area (Å²) in [6.07, 6.45) is 2.22. The lowest BCUT2D eigenvalue weighted by Crippen LogP contribution is -2.57. The molecule has 2 aromatic rings. The van der Waals surface area contributed by atoms with Gasteiger partial charge in [0.1, 0.15) is 11.9 Å². The fourth-order valence-electron chi connectivity index (χ4n) is 4.97. The molecule has 1 saturated heterocycles. The van der Waals surface area contributed by atoms with E-state index < -0.39 is 0 Å². The molecule has 0 bridgehead atoms. The first-order chi connectivity index (χ1) is 15.6. The molecule has 0 spiro atoms. The Morgan fingerprint density at radius 2 is 2.00 bits per heavy atom. The lowest BCUT2D eigenvalue weighted by molar-refractivity contribution is -0.0408. The van der Waals surface area contributed by atoms with E-state index in [4.69, 9.17) is 14.1 Å². The van der Waals surface area contributed by atoms with Crippen molar-refractivity contribution in [3.05, 3.63) is 46.5 Å². The van der Waals surface area contributed by atoms with Crippen LogP contribution >= 0.6 is 0 Å². The lowest BCUT2D eigenvalue weighted by atomic mass is 9.86. The van der Waals surface area contributed by atoms with Crippen molar-refractivity contribution in [2.75, 3.05) is 24.5 Å². The van der Waals surface area contributed by atoms with Gasteiger partial charge in [0, 0.05) is 31.6 Å². The number of rotatable bonds is 4. The molecular weight excluding hydrogens is 416 g/mol. The highest BCUT2D eigenvalue weighted by atomic mass is 16.5. The number of ether oxygens (including phenoxy) is 1. The highest BCUT2D eigenvalue weighted by molar-refractivity contribution is 5.92. The molecule has 0 aromatic carbocycles. The summed E-state index contributed by atoms with van der Waals surface area (Å²) in [6.45, 7) is 14.9. The van der Waals surface area contributed by atoms with Gasteiger partial charge in [0.2, 0.25) is 0 Å². The van der Waals surface area contributed by atoms with Crippen LogP contribution in [0, 0.1) is 17.2 Å². The molecule has 1 unspecified atom stereocenters. The fourth-order valence-corrected chi connectivity index (χ4v) is 4.97. The van der Waals surface area contributed by atoms with Crippen LogP contribution in [0.15, 0.2) is 22.8 Å². The molecule has 2 aliphatic rings. The Morgan fingerprint density at radius 1 is 1.24 bits per heavy atom. The van der Waals surface area contributed by atoms with Crippen molar-refractivity contribution < 1.29 is 13.9 Å². The second-order valence-corrected chi connectivity index (χ2v) is 10.4. The van der Waals surface area contributed by atoms with Gasteiger partial charge in [-0.1, -0.05) is 27.7 Å². The maximum absolute atomic E-state index is 13.1. The Hall–Kier alpha value is -2.85. The van der Waals surface area contributed by atoms with Crippen molar-refractivity contribution in [2.24, 2.45) is 5.92 Å². The minimum atomic E-state index is -0.319. The molecule has 1 amide bonds. The first-order valence-corrected chi connectivity index (χ1v) is 11.8. The smallest absolute Gasteiger partial charge is 0.289 e. The summed E-state index contributed by atoms with van der Waals surface area (Å²) in [5.74, 6) is 1.49. The number of piperazine rings is 1. The average molecular weight is 451 g/mol. The van der Waals surface area contributed by atoms with Crippen molar-refractivity contribution in [2.45, 2.75) is 72.1 Å². The van der Waals surface area contributed by atoms with Crippen molar-refractivity contribution >= 4 is 11.7 Å². The Kier molecular flexibility index (Phi) is 6.24. The minimum absolute atomic E-state index is 0.0111. The Balaban J connectivity index is 1.73. The van der Waals surface area contributed by atoms with Crippen molar-refractivity contribution in [3.63, 3.8) is 0 Å². The van der Waals surface area contributed by atoms with E-state index in [0.717, 1.165) is 22.6 Å². The van der Waals surface area contributed by atoms with E-state index in [1.165, 1.54) is 6.26 Å². The Bertz CT molecular complexity index is 1070. The lowest BCUT2D eigenvalue weighted by Gasteiger charge is -2.44. The van der Waals surface area contributed by atoms with Gasteiger partial charge in [-0.25, -0.2) is 4.98 Å². The molecule has 1 fully saturated rings. The molecule has 2 aliphatic heterocycles. The van der Waals surface area contributed by atoms with Crippen LogP contribution in [-0.4, -0.2) is 47.1 Å².